The molecule has 2 N–H and O–H groups in total. The molecule has 23 heavy (non-hydrogen) atoms. The molecule has 0 radical (unpaired) electrons. The molecule has 0 amide bonds. The van der Waals surface area contributed by atoms with Crippen molar-refractivity contribution in [3.63, 3.8) is 0 Å². The second-order valence-electron chi connectivity index (χ2n) is 7.95. The monoisotopic (exact) mass is 335 g/mol. The van der Waals surface area contributed by atoms with Gasteiger partial charge in [-0.15, -0.1) is 0 Å². The lowest BCUT2D eigenvalue weighted by atomic mass is 9.71. The van der Waals surface area contributed by atoms with E-state index in [1.165, 1.54) is 31.2 Å². The van der Waals surface area contributed by atoms with Gasteiger partial charge in [0.2, 0.25) is 0 Å². The van der Waals surface area contributed by atoms with Crippen LogP contribution in [0.15, 0.2) is 18.2 Å². The molecule has 3 nitrogen and oxygen atoms in total. The van der Waals surface area contributed by atoms with E-state index in [4.69, 9.17) is 16.7 Å². The molecule has 1 aromatic carbocycles. The Hall–Kier alpha value is -1.06. The van der Waals surface area contributed by atoms with E-state index < -0.39 is 5.97 Å². The minimum Gasteiger partial charge on any atom is -0.481 e. The summed E-state index contributed by atoms with van der Waals surface area (Å²) in [4.78, 5) is 11.1. The highest BCUT2D eigenvalue weighted by Crippen LogP contribution is 2.44. The van der Waals surface area contributed by atoms with E-state index >= 15 is 0 Å². The minimum absolute atomic E-state index is 0.105. The normalized spacial score (nSPS) is 28.0. The maximum atomic E-state index is 11.1. The first kappa shape index (κ1) is 16.8. The molecule has 1 heterocycles. The van der Waals surface area contributed by atoms with Crippen molar-refractivity contribution in [1.29, 1.82) is 0 Å². The molecule has 1 saturated heterocycles. The van der Waals surface area contributed by atoms with Gasteiger partial charge in [0.05, 0.1) is 5.92 Å². The summed E-state index contributed by atoms with van der Waals surface area (Å²) in [5, 5.41) is 13.3. The Balaban J connectivity index is 1.71. The van der Waals surface area contributed by atoms with Crippen LogP contribution in [0.4, 0.5) is 0 Å². The van der Waals surface area contributed by atoms with E-state index in [1.54, 1.807) is 0 Å². The van der Waals surface area contributed by atoms with Crippen molar-refractivity contribution in [2.24, 2.45) is 11.3 Å². The van der Waals surface area contributed by atoms with Crippen LogP contribution in [0.2, 0.25) is 5.02 Å². The summed E-state index contributed by atoms with van der Waals surface area (Å²) < 4.78 is 0. The smallest absolute Gasteiger partial charge is 0.307 e. The maximum Gasteiger partial charge on any atom is 0.307 e. The zero-order chi connectivity index (χ0) is 16.6. The lowest BCUT2D eigenvalue weighted by molar-refractivity contribution is -0.141. The number of hydrogen-bond acceptors (Lipinski definition) is 2. The average Bonchev–Trinajstić information content (AvgIpc) is 2.98. The summed E-state index contributed by atoms with van der Waals surface area (Å²) in [6.07, 6.45) is 5.55. The van der Waals surface area contributed by atoms with Gasteiger partial charge in [0.1, 0.15) is 0 Å². The summed E-state index contributed by atoms with van der Waals surface area (Å²) in [6, 6.07) is 6.44. The highest BCUT2D eigenvalue weighted by molar-refractivity contribution is 6.31. The topological polar surface area (TPSA) is 49.3 Å². The highest BCUT2D eigenvalue weighted by atomic mass is 35.5. The fourth-order valence-corrected chi connectivity index (χ4v) is 4.32. The Morgan fingerprint density at radius 3 is 2.57 bits per heavy atom. The second kappa shape index (κ2) is 6.45. The minimum atomic E-state index is -0.715. The van der Waals surface area contributed by atoms with Crippen molar-refractivity contribution in [1.82, 2.24) is 5.32 Å². The number of carboxylic acids is 1. The van der Waals surface area contributed by atoms with Gasteiger partial charge in [-0.25, -0.2) is 0 Å². The molecule has 0 aromatic heterocycles. The Morgan fingerprint density at radius 2 is 2.00 bits per heavy atom. The summed E-state index contributed by atoms with van der Waals surface area (Å²) in [5.41, 5.74) is 2.83. The number of halogens is 1. The molecule has 2 fully saturated rings. The van der Waals surface area contributed by atoms with Gasteiger partial charge in [-0.05, 0) is 60.6 Å². The van der Waals surface area contributed by atoms with E-state index in [2.05, 4.69) is 31.3 Å². The number of nitrogens with one attached hydrogen (secondary N) is 1. The van der Waals surface area contributed by atoms with Gasteiger partial charge in [0.15, 0.2) is 0 Å². The number of aliphatic carboxylic acids is 1. The number of carboxylic acid groups (broad SMARTS) is 1. The number of rotatable bonds is 3. The van der Waals surface area contributed by atoms with Gasteiger partial charge >= 0.3 is 5.97 Å². The van der Waals surface area contributed by atoms with Crippen LogP contribution in [-0.2, 0) is 4.79 Å². The van der Waals surface area contributed by atoms with Crippen LogP contribution in [-0.4, -0.2) is 17.6 Å². The predicted octanol–water partition coefficient (Wildman–Crippen LogP) is 4.76. The highest BCUT2D eigenvalue weighted by Gasteiger charge is 2.31. The maximum absolute atomic E-state index is 11.1. The quantitative estimate of drug-likeness (QED) is 0.837. The molecule has 2 aliphatic rings. The third kappa shape index (κ3) is 3.72. The van der Waals surface area contributed by atoms with Crippen molar-refractivity contribution >= 4 is 17.6 Å². The number of carbonyl (C=O) groups is 1. The standard InChI is InChI=1S/C19H26ClNO2/c1-19(2)7-5-12(6-8-19)15-4-3-13(9-16(15)20)17-10-14(11-21-17)18(22)23/h3-4,9,12,14,17,21H,5-8,10-11H2,1-2H3,(H,22,23). The van der Waals surface area contributed by atoms with Gasteiger partial charge in [0, 0.05) is 17.6 Å². The zero-order valence-corrected chi connectivity index (χ0v) is 14.7. The van der Waals surface area contributed by atoms with Crippen molar-refractivity contribution in [3.05, 3.63) is 34.3 Å². The molecule has 126 valence electrons. The fourth-order valence-electron chi connectivity index (χ4n) is 3.98. The van der Waals surface area contributed by atoms with Gasteiger partial charge in [0.25, 0.3) is 0 Å². The third-order valence-corrected chi connectivity index (χ3v) is 6.01. The molecule has 0 spiro atoms. The fraction of sp³-hybridized carbons (Fsp3) is 0.632. The molecule has 3 rings (SSSR count). The third-order valence-electron chi connectivity index (χ3n) is 5.69. The number of hydrogen-bond donors (Lipinski definition) is 2. The Labute approximate surface area is 143 Å². The van der Waals surface area contributed by atoms with Gasteiger partial charge in [-0.3, -0.25) is 4.79 Å². The van der Waals surface area contributed by atoms with E-state index in [9.17, 15) is 4.79 Å². The first-order valence-electron chi connectivity index (χ1n) is 8.61. The van der Waals surface area contributed by atoms with Gasteiger partial charge in [-0.2, -0.15) is 0 Å². The molecule has 1 aliphatic carbocycles. The van der Waals surface area contributed by atoms with Crippen molar-refractivity contribution in [3.8, 4) is 0 Å². The van der Waals surface area contributed by atoms with E-state index in [-0.39, 0.29) is 12.0 Å². The Morgan fingerprint density at radius 1 is 1.30 bits per heavy atom. The first-order chi connectivity index (χ1) is 10.9. The second-order valence-corrected chi connectivity index (χ2v) is 8.36. The Bertz CT molecular complexity index is 589. The van der Waals surface area contributed by atoms with E-state index in [1.807, 2.05) is 6.07 Å². The summed E-state index contributed by atoms with van der Waals surface area (Å²) in [5.74, 6) is -0.445. The molecule has 4 heteroatoms. The SMILES string of the molecule is CC1(C)CCC(c2ccc(C3CC(C(=O)O)CN3)cc2Cl)CC1. The van der Waals surface area contributed by atoms with Crippen LogP contribution in [0.3, 0.4) is 0 Å². The molecule has 2 unspecified atom stereocenters. The molecular weight excluding hydrogens is 310 g/mol. The molecule has 1 saturated carbocycles. The lowest BCUT2D eigenvalue weighted by Gasteiger charge is -2.35. The van der Waals surface area contributed by atoms with Crippen LogP contribution in [0, 0.1) is 11.3 Å². The average molecular weight is 336 g/mol. The van der Waals surface area contributed by atoms with Crippen LogP contribution < -0.4 is 5.32 Å². The number of benzene rings is 1. The molecule has 1 aliphatic heterocycles. The van der Waals surface area contributed by atoms with Crippen LogP contribution >= 0.6 is 11.6 Å². The summed E-state index contributed by atoms with van der Waals surface area (Å²) >= 11 is 6.57. The van der Waals surface area contributed by atoms with Crippen molar-refractivity contribution in [2.75, 3.05) is 6.54 Å². The van der Waals surface area contributed by atoms with Crippen LogP contribution in [0.25, 0.3) is 0 Å². The largest absolute Gasteiger partial charge is 0.481 e. The van der Waals surface area contributed by atoms with Crippen molar-refractivity contribution in [2.45, 2.75) is 57.9 Å². The molecule has 2 atom stereocenters. The van der Waals surface area contributed by atoms with Crippen molar-refractivity contribution < 1.29 is 9.90 Å². The summed E-state index contributed by atoms with van der Waals surface area (Å²) in [7, 11) is 0. The van der Waals surface area contributed by atoms with Crippen LogP contribution in [0.5, 0.6) is 0 Å². The van der Waals surface area contributed by atoms with E-state index in [0.717, 1.165) is 10.6 Å². The van der Waals surface area contributed by atoms with Crippen LogP contribution in [0.1, 0.15) is 69.0 Å². The predicted molar refractivity (Wildman–Crippen MR) is 92.9 cm³/mol. The molecule has 0 bridgehead atoms. The lowest BCUT2D eigenvalue weighted by Crippen LogP contribution is -2.20. The molecule has 1 aromatic rings. The molecular formula is C19H26ClNO2. The van der Waals surface area contributed by atoms with Gasteiger partial charge < -0.3 is 10.4 Å². The Kier molecular flexibility index (Phi) is 4.70. The first-order valence-corrected chi connectivity index (χ1v) is 8.99. The summed E-state index contributed by atoms with van der Waals surface area (Å²) in [6.45, 7) is 5.23. The van der Waals surface area contributed by atoms with Gasteiger partial charge in [-0.1, -0.05) is 37.6 Å². The zero-order valence-electron chi connectivity index (χ0n) is 13.9. The van der Waals surface area contributed by atoms with E-state index in [0.29, 0.717) is 24.3 Å².